The molecule has 0 aliphatic heterocycles. The standard InChI is InChI=1S/C22H30O2Si/c1-22(2,3)25(20-10-6-4-7-11-20,21-12-8-5-9-13-21)24-17-18-14-15-19(23)16-18/h4-13,18-19,23H,14-17H2,1-3H3/t18-,19-/m1/s1. The van der Waals surface area contributed by atoms with E-state index in [1.54, 1.807) is 0 Å². The second-order valence-electron chi connectivity index (χ2n) is 8.31. The van der Waals surface area contributed by atoms with Gasteiger partial charge in [0, 0.05) is 6.61 Å². The largest absolute Gasteiger partial charge is 0.407 e. The van der Waals surface area contributed by atoms with Crippen molar-refractivity contribution in [3.8, 4) is 0 Å². The molecule has 2 aromatic carbocycles. The Kier molecular flexibility index (Phi) is 5.47. The molecule has 25 heavy (non-hydrogen) atoms. The minimum Gasteiger partial charge on any atom is -0.407 e. The molecule has 0 unspecified atom stereocenters. The third-order valence-electron chi connectivity index (χ3n) is 5.47. The van der Waals surface area contributed by atoms with Gasteiger partial charge in [0.2, 0.25) is 0 Å². The normalized spacial score (nSPS) is 21.4. The van der Waals surface area contributed by atoms with E-state index in [2.05, 4.69) is 81.4 Å². The fourth-order valence-electron chi connectivity index (χ4n) is 4.20. The third kappa shape index (κ3) is 3.74. The molecule has 1 saturated carbocycles. The van der Waals surface area contributed by atoms with E-state index in [4.69, 9.17) is 4.43 Å². The molecule has 2 aromatic rings. The molecular weight excluding hydrogens is 324 g/mol. The number of rotatable bonds is 5. The maximum Gasteiger partial charge on any atom is 0.261 e. The van der Waals surface area contributed by atoms with Crippen molar-refractivity contribution in [1.29, 1.82) is 0 Å². The van der Waals surface area contributed by atoms with Crippen LogP contribution in [-0.4, -0.2) is 26.1 Å². The van der Waals surface area contributed by atoms with E-state index in [9.17, 15) is 5.11 Å². The van der Waals surface area contributed by atoms with Gasteiger partial charge < -0.3 is 9.53 Å². The average Bonchev–Trinajstić information content (AvgIpc) is 3.02. The van der Waals surface area contributed by atoms with E-state index in [0.29, 0.717) is 5.92 Å². The van der Waals surface area contributed by atoms with Crippen molar-refractivity contribution in [3.05, 3.63) is 60.7 Å². The van der Waals surface area contributed by atoms with Gasteiger partial charge in [-0.25, -0.2) is 0 Å². The van der Waals surface area contributed by atoms with Gasteiger partial charge in [-0.3, -0.25) is 0 Å². The summed E-state index contributed by atoms with van der Waals surface area (Å²) in [6.45, 7) is 7.67. The molecule has 2 nitrogen and oxygen atoms in total. The Labute approximate surface area is 153 Å². The highest BCUT2D eigenvalue weighted by atomic mass is 28.4. The lowest BCUT2D eigenvalue weighted by molar-refractivity contribution is 0.166. The van der Waals surface area contributed by atoms with Crippen molar-refractivity contribution in [2.24, 2.45) is 5.92 Å². The first kappa shape index (κ1) is 18.4. The second-order valence-corrected chi connectivity index (χ2v) is 12.6. The van der Waals surface area contributed by atoms with Gasteiger partial charge in [0.1, 0.15) is 0 Å². The van der Waals surface area contributed by atoms with E-state index in [1.165, 1.54) is 10.4 Å². The van der Waals surface area contributed by atoms with Crippen LogP contribution < -0.4 is 10.4 Å². The first-order valence-corrected chi connectivity index (χ1v) is 11.3. The van der Waals surface area contributed by atoms with Crippen LogP contribution in [0.5, 0.6) is 0 Å². The summed E-state index contributed by atoms with van der Waals surface area (Å²) < 4.78 is 6.93. The van der Waals surface area contributed by atoms with Gasteiger partial charge >= 0.3 is 0 Å². The van der Waals surface area contributed by atoms with E-state index < -0.39 is 8.32 Å². The zero-order valence-corrected chi connectivity index (χ0v) is 16.6. The van der Waals surface area contributed by atoms with E-state index in [0.717, 1.165) is 25.9 Å². The molecule has 1 aliphatic carbocycles. The van der Waals surface area contributed by atoms with Crippen molar-refractivity contribution < 1.29 is 9.53 Å². The summed E-state index contributed by atoms with van der Waals surface area (Å²) in [4.78, 5) is 0. The summed E-state index contributed by atoms with van der Waals surface area (Å²) in [7, 11) is -2.42. The molecule has 3 heteroatoms. The van der Waals surface area contributed by atoms with Crippen LogP contribution in [0.4, 0.5) is 0 Å². The van der Waals surface area contributed by atoms with Crippen molar-refractivity contribution in [1.82, 2.24) is 0 Å². The average molecular weight is 355 g/mol. The zero-order chi connectivity index (χ0) is 17.9. The van der Waals surface area contributed by atoms with Crippen LogP contribution in [-0.2, 0) is 4.43 Å². The summed E-state index contributed by atoms with van der Waals surface area (Å²) in [6.07, 6.45) is 2.71. The fourth-order valence-corrected chi connectivity index (χ4v) is 8.85. The van der Waals surface area contributed by atoms with Crippen LogP contribution >= 0.6 is 0 Å². The summed E-state index contributed by atoms with van der Waals surface area (Å²) in [5.41, 5.74) is 0. The Morgan fingerprint density at radius 2 is 1.44 bits per heavy atom. The van der Waals surface area contributed by atoms with Crippen LogP contribution in [0.2, 0.25) is 5.04 Å². The maximum absolute atomic E-state index is 9.88. The van der Waals surface area contributed by atoms with E-state index in [1.807, 2.05) is 0 Å². The highest BCUT2D eigenvalue weighted by molar-refractivity contribution is 6.99. The molecule has 0 spiro atoms. The molecule has 0 radical (unpaired) electrons. The van der Waals surface area contributed by atoms with Gasteiger partial charge in [-0.05, 0) is 40.6 Å². The number of benzene rings is 2. The summed E-state index contributed by atoms with van der Waals surface area (Å²) in [5.74, 6) is 0.469. The van der Waals surface area contributed by atoms with Crippen LogP contribution in [0.3, 0.4) is 0 Å². The SMILES string of the molecule is CC(C)(C)[Si](OC[C@@H]1CC[C@@H](O)C1)(c1ccccc1)c1ccccc1. The molecular formula is C22H30O2Si. The predicted molar refractivity (Wildman–Crippen MR) is 107 cm³/mol. The predicted octanol–water partition coefficient (Wildman–Crippen LogP) is 3.72. The Hall–Kier alpha value is -1.42. The van der Waals surface area contributed by atoms with E-state index >= 15 is 0 Å². The molecule has 0 saturated heterocycles. The van der Waals surface area contributed by atoms with Gasteiger partial charge in [0.15, 0.2) is 0 Å². The quantitative estimate of drug-likeness (QED) is 0.829. The minimum absolute atomic E-state index is 0.0208. The lowest BCUT2D eigenvalue weighted by Gasteiger charge is -2.43. The molecule has 1 aliphatic rings. The minimum atomic E-state index is -2.42. The van der Waals surface area contributed by atoms with Crippen molar-refractivity contribution in [3.63, 3.8) is 0 Å². The highest BCUT2D eigenvalue weighted by Gasteiger charge is 2.50. The van der Waals surface area contributed by atoms with Gasteiger partial charge in [-0.15, -0.1) is 0 Å². The third-order valence-corrected chi connectivity index (χ3v) is 10.5. The molecule has 0 aromatic heterocycles. The number of hydrogen-bond acceptors (Lipinski definition) is 2. The van der Waals surface area contributed by atoms with Crippen LogP contribution in [0, 0.1) is 5.92 Å². The molecule has 2 atom stereocenters. The van der Waals surface area contributed by atoms with Gasteiger partial charge in [-0.1, -0.05) is 81.4 Å². The Morgan fingerprint density at radius 3 is 1.84 bits per heavy atom. The number of aliphatic hydroxyl groups is 1. The summed E-state index contributed by atoms with van der Waals surface area (Å²) >= 11 is 0. The fraction of sp³-hybridized carbons (Fsp3) is 0.455. The zero-order valence-electron chi connectivity index (χ0n) is 15.6. The van der Waals surface area contributed by atoms with Crippen LogP contribution in [0.25, 0.3) is 0 Å². The van der Waals surface area contributed by atoms with Crippen LogP contribution in [0.15, 0.2) is 60.7 Å². The first-order chi connectivity index (χ1) is 11.9. The molecule has 1 N–H and O–H groups in total. The highest BCUT2D eigenvalue weighted by Crippen LogP contribution is 2.38. The summed E-state index contributed by atoms with van der Waals surface area (Å²) in [5, 5.41) is 12.6. The molecule has 0 bridgehead atoms. The van der Waals surface area contributed by atoms with Crippen molar-refractivity contribution >= 4 is 18.7 Å². The molecule has 134 valence electrons. The smallest absolute Gasteiger partial charge is 0.261 e. The molecule has 3 rings (SSSR count). The second kappa shape index (κ2) is 7.44. The van der Waals surface area contributed by atoms with Gasteiger partial charge in [-0.2, -0.15) is 0 Å². The Balaban J connectivity index is 2.02. The molecule has 1 fully saturated rings. The number of aliphatic hydroxyl groups excluding tert-OH is 1. The summed E-state index contributed by atoms with van der Waals surface area (Å²) in [6, 6.07) is 21.5. The van der Waals surface area contributed by atoms with Crippen molar-refractivity contribution in [2.45, 2.75) is 51.2 Å². The number of hydrogen-bond donors (Lipinski definition) is 1. The topological polar surface area (TPSA) is 29.5 Å². The van der Waals surface area contributed by atoms with Crippen LogP contribution in [0.1, 0.15) is 40.0 Å². The monoisotopic (exact) mass is 354 g/mol. The van der Waals surface area contributed by atoms with Crippen molar-refractivity contribution in [2.75, 3.05) is 6.61 Å². The van der Waals surface area contributed by atoms with Gasteiger partial charge in [0.25, 0.3) is 8.32 Å². The lowest BCUT2D eigenvalue weighted by Crippen LogP contribution is -2.66. The Bertz CT molecular complexity index is 624. The molecule has 0 amide bonds. The Morgan fingerprint density at radius 1 is 0.920 bits per heavy atom. The first-order valence-electron chi connectivity index (χ1n) is 9.36. The molecule has 0 heterocycles. The van der Waals surface area contributed by atoms with E-state index in [-0.39, 0.29) is 11.1 Å². The van der Waals surface area contributed by atoms with Gasteiger partial charge in [0.05, 0.1) is 6.10 Å². The maximum atomic E-state index is 9.88. The lowest BCUT2D eigenvalue weighted by atomic mass is 10.1.